The summed E-state index contributed by atoms with van der Waals surface area (Å²) in [6, 6.07) is 9.66. The monoisotopic (exact) mass is 355 g/mol. The minimum absolute atomic E-state index is 0. The SMILES string of the molecule is CNCC1CCN(C(=O)c2ccc3ncccc3c2)CC1.Cl.Cl. The number of piperidine rings is 1. The van der Waals surface area contributed by atoms with Crippen LogP contribution in [0.15, 0.2) is 36.5 Å². The van der Waals surface area contributed by atoms with Crippen molar-refractivity contribution in [2.75, 3.05) is 26.7 Å². The third-order valence-electron chi connectivity index (χ3n) is 4.24. The normalized spacial score (nSPS) is 14.9. The summed E-state index contributed by atoms with van der Waals surface area (Å²) >= 11 is 0. The zero-order chi connectivity index (χ0) is 14.7. The van der Waals surface area contributed by atoms with E-state index in [1.54, 1.807) is 6.20 Å². The van der Waals surface area contributed by atoms with E-state index in [0.717, 1.165) is 48.9 Å². The number of rotatable bonds is 3. The lowest BCUT2D eigenvalue weighted by Gasteiger charge is -2.32. The van der Waals surface area contributed by atoms with Gasteiger partial charge in [-0.15, -0.1) is 24.8 Å². The Morgan fingerprint density at radius 1 is 1.26 bits per heavy atom. The largest absolute Gasteiger partial charge is 0.339 e. The van der Waals surface area contributed by atoms with E-state index in [-0.39, 0.29) is 30.7 Å². The fraction of sp³-hybridized carbons (Fsp3) is 0.412. The second-order valence-corrected chi connectivity index (χ2v) is 5.70. The number of nitrogens with zero attached hydrogens (tertiary/aromatic N) is 2. The molecule has 1 aliphatic rings. The number of nitrogens with one attached hydrogen (secondary N) is 1. The van der Waals surface area contributed by atoms with E-state index < -0.39 is 0 Å². The third-order valence-corrected chi connectivity index (χ3v) is 4.24. The Morgan fingerprint density at radius 2 is 2.00 bits per heavy atom. The molecule has 1 aliphatic heterocycles. The van der Waals surface area contributed by atoms with E-state index in [2.05, 4.69) is 10.3 Å². The van der Waals surface area contributed by atoms with Crippen molar-refractivity contribution in [2.45, 2.75) is 12.8 Å². The van der Waals surface area contributed by atoms with Crippen molar-refractivity contribution in [3.8, 4) is 0 Å². The number of carbonyl (C=O) groups is 1. The number of amides is 1. The Balaban J connectivity index is 0.00000132. The highest BCUT2D eigenvalue weighted by atomic mass is 35.5. The Morgan fingerprint density at radius 3 is 2.70 bits per heavy atom. The van der Waals surface area contributed by atoms with Crippen LogP contribution in [0, 0.1) is 5.92 Å². The van der Waals surface area contributed by atoms with Crippen LogP contribution in [-0.2, 0) is 0 Å². The van der Waals surface area contributed by atoms with Crippen molar-refractivity contribution in [3.63, 3.8) is 0 Å². The number of halogens is 2. The number of likely N-dealkylation sites (tertiary alicyclic amines) is 1. The van der Waals surface area contributed by atoms with Gasteiger partial charge in [-0.25, -0.2) is 0 Å². The zero-order valence-electron chi connectivity index (χ0n) is 13.2. The molecule has 2 aromatic rings. The molecule has 0 bridgehead atoms. The summed E-state index contributed by atoms with van der Waals surface area (Å²) in [6.07, 6.45) is 3.94. The zero-order valence-corrected chi connectivity index (χ0v) is 14.8. The predicted octanol–water partition coefficient (Wildman–Crippen LogP) is 3.15. The molecule has 23 heavy (non-hydrogen) atoms. The summed E-state index contributed by atoms with van der Waals surface area (Å²) in [7, 11) is 1.99. The molecule has 1 fully saturated rings. The number of pyridine rings is 1. The second kappa shape index (κ2) is 9.06. The molecule has 1 N–H and O–H groups in total. The highest BCUT2D eigenvalue weighted by Gasteiger charge is 2.23. The van der Waals surface area contributed by atoms with Crippen LogP contribution in [0.4, 0.5) is 0 Å². The molecule has 0 spiro atoms. The quantitative estimate of drug-likeness (QED) is 0.919. The van der Waals surface area contributed by atoms with Crippen LogP contribution in [0.3, 0.4) is 0 Å². The maximum absolute atomic E-state index is 12.6. The maximum atomic E-state index is 12.6. The Labute approximate surface area is 149 Å². The summed E-state index contributed by atoms with van der Waals surface area (Å²) in [5, 5.41) is 4.24. The second-order valence-electron chi connectivity index (χ2n) is 5.70. The van der Waals surface area contributed by atoms with Crippen LogP contribution >= 0.6 is 24.8 Å². The molecule has 0 unspecified atom stereocenters. The summed E-state index contributed by atoms with van der Waals surface area (Å²) in [6.45, 7) is 2.76. The van der Waals surface area contributed by atoms with E-state index >= 15 is 0 Å². The van der Waals surface area contributed by atoms with Crippen LogP contribution < -0.4 is 5.32 Å². The molecule has 2 heterocycles. The van der Waals surface area contributed by atoms with Crippen molar-refractivity contribution >= 4 is 41.6 Å². The van der Waals surface area contributed by atoms with Gasteiger partial charge in [0.1, 0.15) is 0 Å². The third kappa shape index (κ3) is 4.56. The predicted molar refractivity (Wildman–Crippen MR) is 98.8 cm³/mol. The number of hydrogen-bond acceptors (Lipinski definition) is 3. The fourth-order valence-electron chi connectivity index (χ4n) is 3.02. The summed E-state index contributed by atoms with van der Waals surface area (Å²) < 4.78 is 0. The Hall–Kier alpha value is -1.36. The number of carbonyl (C=O) groups excluding carboxylic acids is 1. The lowest BCUT2D eigenvalue weighted by Crippen LogP contribution is -2.40. The van der Waals surface area contributed by atoms with Crippen LogP contribution in [-0.4, -0.2) is 42.5 Å². The van der Waals surface area contributed by atoms with Gasteiger partial charge >= 0.3 is 0 Å². The summed E-state index contributed by atoms with van der Waals surface area (Å²) in [5.41, 5.74) is 1.70. The molecule has 1 aromatic heterocycles. The van der Waals surface area contributed by atoms with Gasteiger partial charge < -0.3 is 10.2 Å². The van der Waals surface area contributed by atoms with E-state index in [1.807, 2.05) is 42.3 Å². The van der Waals surface area contributed by atoms with Crippen LogP contribution in [0.1, 0.15) is 23.2 Å². The first-order valence-electron chi connectivity index (χ1n) is 7.56. The van der Waals surface area contributed by atoms with Crippen molar-refractivity contribution < 1.29 is 4.79 Å². The molecule has 1 saturated heterocycles. The molecule has 0 radical (unpaired) electrons. The molecular weight excluding hydrogens is 333 g/mol. The molecule has 0 aliphatic carbocycles. The smallest absolute Gasteiger partial charge is 0.253 e. The van der Waals surface area contributed by atoms with Crippen molar-refractivity contribution in [3.05, 3.63) is 42.1 Å². The van der Waals surface area contributed by atoms with Crippen molar-refractivity contribution in [1.29, 1.82) is 0 Å². The number of benzene rings is 1. The Bertz CT molecular complexity index is 643. The molecule has 3 rings (SSSR count). The van der Waals surface area contributed by atoms with Crippen LogP contribution in [0.25, 0.3) is 10.9 Å². The first-order valence-corrected chi connectivity index (χ1v) is 7.56. The van der Waals surface area contributed by atoms with Crippen LogP contribution in [0.5, 0.6) is 0 Å². The van der Waals surface area contributed by atoms with Gasteiger partial charge in [-0.05, 0) is 56.6 Å². The first kappa shape index (κ1) is 19.7. The highest BCUT2D eigenvalue weighted by molar-refractivity contribution is 5.98. The lowest BCUT2D eigenvalue weighted by atomic mass is 9.96. The minimum atomic E-state index is 0. The number of hydrogen-bond donors (Lipinski definition) is 1. The van der Waals surface area contributed by atoms with Gasteiger partial charge in [0.2, 0.25) is 0 Å². The fourth-order valence-corrected chi connectivity index (χ4v) is 3.02. The van der Waals surface area contributed by atoms with Gasteiger partial charge in [0.05, 0.1) is 5.52 Å². The number of aromatic nitrogens is 1. The van der Waals surface area contributed by atoms with Gasteiger partial charge in [-0.3, -0.25) is 9.78 Å². The molecule has 126 valence electrons. The first-order chi connectivity index (χ1) is 10.3. The molecule has 6 heteroatoms. The molecule has 0 atom stereocenters. The average molecular weight is 356 g/mol. The van der Waals surface area contributed by atoms with E-state index in [9.17, 15) is 4.79 Å². The number of fused-ring (bicyclic) bond motifs is 1. The Kier molecular flexibility index (Phi) is 7.76. The van der Waals surface area contributed by atoms with Gasteiger partial charge in [0, 0.05) is 30.2 Å². The molecule has 1 amide bonds. The topological polar surface area (TPSA) is 45.2 Å². The summed E-state index contributed by atoms with van der Waals surface area (Å²) in [5.74, 6) is 0.837. The lowest BCUT2D eigenvalue weighted by molar-refractivity contribution is 0.0691. The molecule has 4 nitrogen and oxygen atoms in total. The van der Waals surface area contributed by atoms with Gasteiger partial charge in [-0.1, -0.05) is 6.07 Å². The van der Waals surface area contributed by atoms with Gasteiger partial charge in [0.15, 0.2) is 0 Å². The van der Waals surface area contributed by atoms with Crippen LogP contribution in [0.2, 0.25) is 0 Å². The minimum Gasteiger partial charge on any atom is -0.339 e. The van der Waals surface area contributed by atoms with Crippen molar-refractivity contribution in [2.24, 2.45) is 5.92 Å². The molecular formula is C17H23Cl2N3O. The summed E-state index contributed by atoms with van der Waals surface area (Å²) in [4.78, 5) is 18.9. The van der Waals surface area contributed by atoms with Gasteiger partial charge in [0.25, 0.3) is 5.91 Å². The highest BCUT2D eigenvalue weighted by Crippen LogP contribution is 2.20. The average Bonchev–Trinajstić information content (AvgIpc) is 2.55. The van der Waals surface area contributed by atoms with E-state index in [0.29, 0.717) is 5.92 Å². The van der Waals surface area contributed by atoms with Gasteiger partial charge in [-0.2, -0.15) is 0 Å². The standard InChI is InChI=1S/C17H21N3O.2ClH/c1-18-12-13-6-9-20(10-7-13)17(21)15-4-5-16-14(11-15)3-2-8-19-16;;/h2-5,8,11,13,18H,6-7,9-10,12H2,1H3;2*1H. The van der Waals surface area contributed by atoms with E-state index in [4.69, 9.17) is 0 Å². The molecule has 1 aromatic carbocycles. The molecule has 0 saturated carbocycles. The van der Waals surface area contributed by atoms with E-state index in [1.165, 1.54) is 0 Å². The van der Waals surface area contributed by atoms with Crippen molar-refractivity contribution in [1.82, 2.24) is 15.2 Å². The maximum Gasteiger partial charge on any atom is 0.253 e.